The van der Waals surface area contributed by atoms with Crippen molar-refractivity contribution in [3.8, 4) is 5.75 Å². The van der Waals surface area contributed by atoms with Crippen LogP contribution in [0.3, 0.4) is 0 Å². The third kappa shape index (κ3) is 5.16. The summed E-state index contributed by atoms with van der Waals surface area (Å²) in [5.41, 5.74) is 1.04. The van der Waals surface area contributed by atoms with E-state index in [9.17, 15) is 0 Å². The number of ether oxygens (including phenoxy) is 1. The quantitative estimate of drug-likeness (QED) is 0.664. The number of rotatable bonds is 8. The van der Waals surface area contributed by atoms with Crippen molar-refractivity contribution < 1.29 is 9.84 Å². The predicted molar refractivity (Wildman–Crippen MR) is 82.4 cm³/mol. The molecule has 0 aliphatic rings. The lowest BCUT2D eigenvalue weighted by atomic mass is 10.2. The number of halogens is 2. The molecular weight excluding hydrogens is 362 g/mol. The van der Waals surface area contributed by atoms with E-state index in [1.54, 1.807) is 7.11 Å². The Balaban J connectivity index is 2.42. The van der Waals surface area contributed by atoms with Crippen molar-refractivity contribution >= 4 is 37.5 Å². The summed E-state index contributed by atoms with van der Waals surface area (Å²) in [4.78, 5) is 0. The molecule has 0 aliphatic heterocycles. The van der Waals surface area contributed by atoms with Gasteiger partial charge in [-0.3, -0.25) is 0 Å². The summed E-state index contributed by atoms with van der Waals surface area (Å²) in [5, 5.41) is 12.1. The van der Waals surface area contributed by atoms with Gasteiger partial charge in [-0.15, -0.1) is 0 Å². The minimum absolute atomic E-state index is 0.295. The Morgan fingerprint density at radius 2 is 1.83 bits per heavy atom. The van der Waals surface area contributed by atoms with Crippen molar-refractivity contribution in [3.63, 3.8) is 0 Å². The highest BCUT2D eigenvalue weighted by Crippen LogP contribution is 2.34. The maximum atomic E-state index is 8.68. The highest BCUT2D eigenvalue weighted by atomic mass is 79.9. The molecule has 2 N–H and O–H groups in total. The Kier molecular flexibility index (Phi) is 7.70. The van der Waals surface area contributed by atoms with Gasteiger partial charge in [-0.25, -0.2) is 0 Å². The van der Waals surface area contributed by atoms with E-state index in [1.165, 1.54) is 0 Å². The number of nitrogens with one attached hydrogen (secondary N) is 1. The maximum absolute atomic E-state index is 8.68. The number of hydrogen-bond donors (Lipinski definition) is 2. The molecule has 0 radical (unpaired) electrons. The van der Waals surface area contributed by atoms with Crippen LogP contribution in [-0.2, 0) is 0 Å². The van der Waals surface area contributed by atoms with Crippen molar-refractivity contribution in [2.75, 3.05) is 25.6 Å². The Morgan fingerprint density at radius 1 is 1.11 bits per heavy atom. The molecular formula is C13H19Br2NO2. The number of benzene rings is 1. The second-order valence-electron chi connectivity index (χ2n) is 4.03. The van der Waals surface area contributed by atoms with Crippen LogP contribution in [0.2, 0.25) is 0 Å². The van der Waals surface area contributed by atoms with Gasteiger partial charge in [-0.2, -0.15) is 0 Å². The molecule has 0 atom stereocenters. The smallest absolute Gasteiger partial charge is 0.135 e. The molecule has 18 heavy (non-hydrogen) atoms. The molecule has 0 bridgehead atoms. The number of aliphatic hydroxyl groups excluding tert-OH is 1. The van der Waals surface area contributed by atoms with Crippen LogP contribution in [0.1, 0.15) is 25.7 Å². The lowest BCUT2D eigenvalue weighted by Crippen LogP contribution is -2.02. The van der Waals surface area contributed by atoms with E-state index in [0.29, 0.717) is 6.61 Å². The van der Waals surface area contributed by atoms with Gasteiger partial charge in [-0.05, 0) is 50.8 Å². The fraction of sp³-hybridized carbons (Fsp3) is 0.538. The summed E-state index contributed by atoms with van der Waals surface area (Å²) in [6.07, 6.45) is 4.22. The van der Waals surface area contributed by atoms with Crippen LogP contribution in [0.4, 0.5) is 5.69 Å². The molecule has 0 spiro atoms. The predicted octanol–water partition coefficient (Wildman–Crippen LogP) is 4.18. The van der Waals surface area contributed by atoms with Gasteiger partial charge in [0.05, 0.1) is 17.3 Å². The number of anilines is 1. The summed E-state index contributed by atoms with van der Waals surface area (Å²) in [6.45, 7) is 1.22. The van der Waals surface area contributed by atoms with Gasteiger partial charge in [0.1, 0.15) is 5.75 Å². The largest absolute Gasteiger partial charge is 0.495 e. The Labute approximate surface area is 125 Å². The summed E-state index contributed by atoms with van der Waals surface area (Å²) in [7, 11) is 1.66. The minimum atomic E-state index is 0.295. The summed E-state index contributed by atoms with van der Waals surface area (Å²) < 4.78 is 7.22. The summed E-state index contributed by atoms with van der Waals surface area (Å²) >= 11 is 6.97. The molecule has 0 heterocycles. The first-order chi connectivity index (χ1) is 8.69. The van der Waals surface area contributed by atoms with Gasteiger partial charge < -0.3 is 15.2 Å². The van der Waals surface area contributed by atoms with Gasteiger partial charge in [0.2, 0.25) is 0 Å². The van der Waals surface area contributed by atoms with Crippen molar-refractivity contribution in [3.05, 3.63) is 21.1 Å². The van der Waals surface area contributed by atoms with E-state index >= 15 is 0 Å². The molecule has 0 saturated carbocycles. The molecule has 1 aromatic carbocycles. The second-order valence-corrected chi connectivity index (χ2v) is 5.74. The topological polar surface area (TPSA) is 41.5 Å². The Hall–Kier alpha value is -0.260. The van der Waals surface area contributed by atoms with Gasteiger partial charge >= 0.3 is 0 Å². The van der Waals surface area contributed by atoms with Crippen LogP contribution < -0.4 is 10.1 Å². The lowest BCUT2D eigenvalue weighted by molar-refractivity contribution is 0.283. The Bertz CT molecular complexity index is 372. The minimum Gasteiger partial charge on any atom is -0.495 e. The van der Waals surface area contributed by atoms with Crippen LogP contribution in [0.5, 0.6) is 5.75 Å². The van der Waals surface area contributed by atoms with Crippen LogP contribution in [0.15, 0.2) is 21.1 Å². The van der Waals surface area contributed by atoms with E-state index in [-0.39, 0.29) is 0 Å². The molecule has 0 fully saturated rings. The van der Waals surface area contributed by atoms with Crippen molar-refractivity contribution in [2.45, 2.75) is 25.7 Å². The molecule has 0 aliphatic carbocycles. The number of hydrogen-bond acceptors (Lipinski definition) is 3. The van der Waals surface area contributed by atoms with Crippen LogP contribution in [0.25, 0.3) is 0 Å². The fourth-order valence-corrected chi connectivity index (χ4v) is 2.93. The molecule has 5 heteroatoms. The summed E-state index contributed by atoms with van der Waals surface area (Å²) in [5.74, 6) is 0.820. The number of methoxy groups -OCH3 is 1. The first-order valence-corrected chi connectivity index (χ1v) is 7.65. The molecule has 102 valence electrons. The van der Waals surface area contributed by atoms with E-state index in [2.05, 4.69) is 37.2 Å². The average molecular weight is 381 g/mol. The van der Waals surface area contributed by atoms with E-state index in [1.807, 2.05) is 12.1 Å². The molecule has 3 nitrogen and oxygen atoms in total. The third-order valence-corrected chi connectivity index (χ3v) is 3.92. The van der Waals surface area contributed by atoms with Gasteiger partial charge in [-0.1, -0.05) is 12.8 Å². The highest BCUT2D eigenvalue weighted by Gasteiger charge is 2.06. The van der Waals surface area contributed by atoms with Crippen molar-refractivity contribution in [1.29, 1.82) is 0 Å². The molecule has 1 rings (SSSR count). The first kappa shape index (κ1) is 15.8. The molecule has 0 amide bonds. The Morgan fingerprint density at radius 3 is 2.50 bits per heavy atom. The summed E-state index contributed by atoms with van der Waals surface area (Å²) in [6, 6.07) is 3.95. The standard InChI is InChI=1S/C13H19Br2NO2/c1-18-13-9-12(10(14)8-11(13)15)16-6-4-2-3-5-7-17/h8-9,16-17H,2-7H2,1H3. The molecule has 0 unspecified atom stereocenters. The SMILES string of the molecule is COc1cc(NCCCCCCO)c(Br)cc1Br. The molecule has 0 saturated heterocycles. The number of unbranched alkanes of at least 4 members (excludes halogenated alkanes) is 3. The second kappa shape index (κ2) is 8.77. The molecule has 0 aromatic heterocycles. The zero-order valence-electron chi connectivity index (χ0n) is 10.5. The molecule has 1 aromatic rings. The number of aliphatic hydroxyl groups is 1. The fourth-order valence-electron chi connectivity index (χ4n) is 1.63. The van der Waals surface area contributed by atoms with E-state index in [0.717, 1.165) is 52.6 Å². The maximum Gasteiger partial charge on any atom is 0.135 e. The van der Waals surface area contributed by atoms with Gasteiger partial charge in [0.25, 0.3) is 0 Å². The van der Waals surface area contributed by atoms with Crippen LogP contribution >= 0.6 is 31.9 Å². The lowest BCUT2D eigenvalue weighted by Gasteiger charge is -2.11. The van der Waals surface area contributed by atoms with E-state index < -0.39 is 0 Å². The van der Waals surface area contributed by atoms with Crippen molar-refractivity contribution in [2.24, 2.45) is 0 Å². The zero-order chi connectivity index (χ0) is 13.4. The van der Waals surface area contributed by atoms with E-state index in [4.69, 9.17) is 9.84 Å². The van der Waals surface area contributed by atoms with Gasteiger partial charge in [0, 0.05) is 23.7 Å². The highest BCUT2D eigenvalue weighted by molar-refractivity contribution is 9.11. The van der Waals surface area contributed by atoms with Crippen LogP contribution in [0, 0.1) is 0 Å². The third-order valence-electron chi connectivity index (χ3n) is 2.64. The zero-order valence-corrected chi connectivity index (χ0v) is 13.7. The first-order valence-electron chi connectivity index (χ1n) is 6.06. The van der Waals surface area contributed by atoms with Gasteiger partial charge in [0.15, 0.2) is 0 Å². The van der Waals surface area contributed by atoms with Crippen molar-refractivity contribution in [1.82, 2.24) is 0 Å². The monoisotopic (exact) mass is 379 g/mol. The van der Waals surface area contributed by atoms with Crippen LogP contribution in [-0.4, -0.2) is 25.4 Å². The average Bonchev–Trinajstić information content (AvgIpc) is 2.36. The normalized spacial score (nSPS) is 10.4.